The molecule has 2 heteroatoms. The molecule has 96 valence electrons. The van der Waals surface area contributed by atoms with Crippen LogP contribution < -0.4 is 5.32 Å². The molecule has 0 radical (unpaired) electrons. The lowest BCUT2D eigenvalue weighted by atomic mass is 10.0. The molecule has 17 heavy (non-hydrogen) atoms. The van der Waals surface area contributed by atoms with Gasteiger partial charge in [-0.2, -0.15) is 0 Å². The van der Waals surface area contributed by atoms with E-state index in [-0.39, 0.29) is 0 Å². The molecule has 0 aromatic carbocycles. The van der Waals surface area contributed by atoms with Gasteiger partial charge < -0.3 is 10.2 Å². The van der Waals surface area contributed by atoms with Crippen LogP contribution in [0.1, 0.15) is 39.0 Å². The molecule has 1 saturated heterocycles. The number of rotatable bonds is 3. The van der Waals surface area contributed by atoms with Gasteiger partial charge in [-0.25, -0.2) is 0 Å². The van der Waals surface area contributed by atoms with Crippen molar-refractivity contribution < 1.29 is 0 Å². The Morgan fingerprint density at radius 3 is 2.24 bits per heavy atom. The van der Waals surface area contributed by atoms with Crippen LogP contribution in [0.5, 0.6) is 0 Å². The summed E-state index contributed by atoms with van der Waals surface area (Å²) in [5.74, 6) is 4.47. The zero-order valence-corrected chi connectivity index (χ0v) is 11.1. The molecule has 2 nitrogen and oxygen atoms in total. The van der Waals surface area contributed by atoms with Gasteiger partial charge in [0.25, 0.3) is 0 Å². The molecule has 0 aromatic rings. The maximum Gasteiger partial charge on any atom is 0.0138 e. The number of likely N-dealkylation sites (tertiary alicyclic amines) is 1. The largest absolute Gasteiger partial charge is 0.311 e. The first kappa shape index (κ1) is 10.8. The molecular weight excluding hydrogens is 208 g/mol. The molecule has 0 aromatic heterocycles. The first-order valence-corrected chi connectivity index (χ1v) is 7.85. The van der Waals surface area contributed by atoms with Crippen LogP contribution in [0.25, 0.3) is 0 Å². The minimum Gasteiger partial charge on any atom is -0.311 e. The molecule has 4 rings (SSSR count). The number of fused-ring (bicyclic) bond motifs is 5. The molecule has 4 fully saturated rings. The van der Waals surface area contributed by atoms with E-state index in [4.69, 9.17) is 0 Å². The highest BCUT2D eigenvalue weighted by atomic mass is 15.1. The third-order valence-corrected chi connectivity index (χ3v) is 6.20. The summed E-state index contributed by atoms with van der Waals surface area (Å²) in [6.45, 7) is 6.18. The normalized spacial score (nSPS) is 49.6. The molecule has 1 aliphatic heterocycles. The van der Waals surface area contributed by atoms with Crippen LogP contribution in [0.15, 0.2) is 0 Å². The first-order chi connectivity index (χ1) is 8.36. The highest BCUT2D eigenvalue weighted by Gasteiger charge is 2.64. The number of hydrogen-bond acceptors (Lipinski definition) is 2. The summed E-state index contributed by atoms with van der Waals surface area (Å²) in [6.07, 6.45) is 7.47. The molecule has 4 atom stereocenters. The third kappa shape index (κ3) is 1.67. The lowest BCUT2D eigenvalue weighted by Gasteiger charge is -2.32. The van der Waals surface area contributed by atoms with Crippen molar-refractivity contribution in [1.29, 1.82) is 0 Å². The van der Waals surface area contributed by atoms with Crippen molar-refractivity contribution in [2.24, 2.45) is 23.7 Å². The van der Waals surface area contributed by atoms with Crippen molar-refractivity contribution in [2.75, 3.05) is 19.6 Å². The van der Waals surface area contributed by atoms with E-state index in [0.717, 1.165) is 35.8 Å². The summed E-state index contributed by atoms with van der Waals surface area (Å²) >= 11 is 0. The van der Waals surface area contributed by atoms with Gasteiger partial charge in [-0.05, 0) is 75.4 Å². The van der Waals surface area contributed by atoms with Gasteiger partial charge in [-0.1, -0.05) is 6.92 Å². The van der Waals surface area contributed by atoms with Crippen LogP contribution in [-0.4, -0.2) is 36.6 Å². The zero-order valence-electron chi connectivity index (χ0n) is 11.1. The Morgan fingerprint density at radius 2 is 1.65 bits per heavy atom. The molecule has 4 unspecified atom stereocenters. The van der Waals surface area contributed by atoms with Crippen LogP contribution in [0.3, 0.4) is 0 Å². The van der Waals surface area contributed by atoms with E-state index in [0.29, 0.717) is 0 Å². The van der Waals surface area contributed by atoms with Gasteiger partial charge in [0, 0.05) is 12.1 Å². The monoisotopic (exact) mass is 234 g/mol. The van der Waals surface area contributed by atoms with Crippen LogP contribution in [0.2, 0.25) is 0 Å². The highest BCUT2D eigenvalue weighted by Crippen LogP contribution is 2.65. The number of nitrogens with one attached hydrogen (secondary N) is 1. The van der Waals surface area contributed by atoms with Crippen molar-refractivity contribution in [3.63, 3.8) is 0 Å². The van der Waals surface area contributed by atoms with Gasteiger partial charge >= 0.3 is 0 Å². The Morgan fingerprint density at radius 1 is 1.00 bits per heavy atom. The van der Waals surface area contributed by atoms with Crippen molar-refractivity contribution >= 4 is 0 Å². The molecule has 1 heterocycles. The predicted octanol–water partition coefficient (Wildman–Crippen LogP) is 2.10. The zero-order chi connectivity index (χ0) is 11.4. The maximum atomic E-state index is 4.01. The summed E-state index contributed by atoms with van der Waals surface area (Å²) in [4.78, 5) is 2.59. The average Bonchev–Trinajstić information content (AvgIpc) is 2.76. The Kier molecular flexibility index (Phi) is 2.52. The summed E-state index contributed by atoms with van der Waals surface area (Å²) in [6, 6.07) is 1.78. The average molecular weight is 234 g/mol. The quantitative estimate of drug-likeness (QED) is 0.804. The highest BCUT2D eigenvalue weighted by molar-refractivity contribution is 5.17. The fraction of sp³-hybridized carbons (Fsp3) is 1.00. The minimum atomic E-state index is 0.841. The maximum absolute atomic E-state index is 4.01. The van der Waals surface area contributed by atoms with E-state index in [1.165, 1.54) is 32.5 Å². The molecule has 4 aliphatic rings. The number of nitrogens with zero attached hydrogens (tertiary/aromatic N) is 1. The SMILES string of the molecule is CCN1CCC(NC2C3C4CCC(C4)C23)CC1. The van der Waals surface area contributed by atoms with E-state index < -0.39 is 0 Å². The van der Waals surface area contributed by atoms with Gasteiger partial charge in [-0.3, -0.25) is 0 Å². The summed E-state index contributed by atoms with van der Waals surface area (Å²) in [5.41, 5.74) is 0. The molecule has 0 spiro atoms. The van der Waals surface area contributed by atoms with Crippen molar-refractivity contribution in [2.45, 2.75) is 51.1 Å². The van der Waals surface area contributed by atoms with Crippen LogP contribution in [-0.2, 0) is 0 Å². The first-order valence-electron chi connectivity index (χ1n) is 7.85. The van der Waals surface area contributed by atoms with E-state index in [9.17, 15) is 0 Å². The molecule has 1 N–H and O–H groups in total. The van der Waals surface area contributed by atoms with Gasteiger partial charge in [0.05, 0.1) is 0 Å². The van der Waals surface area contributed by atoms with Crippen LogP contribution in [0, 0.1) is 23.7 Å². The van der Waals surface area contributed by atoms with Crippen molar-refractivity contribution in [1.82, 2.24) is 10.2 Å². The van der Waals surface area contributed by atoms with Gasteiger partial charge in [0.1, 0.15) is 0 Å². The van der Waals surface area contributed by atoms with Gasteiger partial charge in [0.15, 0.2) is 0 Å². The van der Waals surface area contributed by atoms with E-state index in [1.807, 2.05) is 0 Å². The van der Waals surface area contributed by atoms with E-state index >= 15 is 0 Å². The fourth-order valence-corrected chi connectivity index (χ4v) is 5.24. The fourth-order valence-electron chi connectivity index (χ4n) is 5.24. The van der Waals surface area contributed by atoms with Crippen molar-refractivity contribution in [3.05, 3.63) is 0 Å². The van der Waals surface area contributed by atoms with Crippen molar-refractivity contribution in [3.8, 4) is 0 Å². The Balaban J connectivity index is 1.30. The van der Waals surface area contributed by atoms with Crippen LogP contribution >= 0.6 is 0 Å². The molecule has 3 saturated carbocycles. The summed E-state index contributed by atoms with van der Waals surface area (Å²) in [7, 11) is 0. The lowest BCUT2D eigenvalue weighted by Crippen LogP contribution is -2.44. The standard InChI is InChI=1S/C15H26N2/c1-2-17-7-5-12(6-8-17)16-15-13-10-3-4-11(9-10)14(13)15/h10-16H,2-9H2,1H3. The van der Waals surface area contributed by atoms with E-state index in [1.54, 1.807) is 19.3 Å². The number of hydrogen-bond donors (Lipinski definition) is 1. The third-order valence-electron chi connectivity index (χ3n) is 6.20. The lowest BCUT2D eigenvalue weighted by molar-refractivity contribution is 0.201. The second kappa shape index (κ2) is 3.96. The Bertz CT molecular complexity index is 279. The summed E-state index contributed by atoms with van der Waals surface area (Å²) in [5, 5.41) is 4.01. The van der Waals surface area contributed by atoms with Crippen LogP contribution in [0.4, 0.5) is 0 Å². The second-order valence-electron chi connectivity index (χ2n) is 6.89. The second-order valence-corrected chi connectivity index (χ2v) is 6.89. The molecular formula is C15H26N2. The molecule has 0 amide bonds. The smallest absolute Gasteiger partial charge is 0.0138 e. The Labute approximate surface area is 105 Å². The minimum absolute atomic E-state index is 0.841. The summed E-state index contributed by atoms with van der Waals surface area (Å²) < 4.78 is 0. The Hall–Kier alpha value is -0.0800. The topological polar surface area (TPSA) is 15.3 Å². The predicted molar refractivity (Wildman–Crippen MR) is 69.9 cm³/mol. The number of piperidine rings is 1. The van der Waals surface area contributed by atoms with Gasteiger partial charge in [0.2, 0.25) is 0 Å². The molecule has 3 aliphatic carbocycles. The molecule has 2 bridgehead atoms. The van der Waals surface area contributed by atoms with E-state index in [2.05, 4.69) is 17.1 Å². The van der Waals surface area contributed by atoms with Gasteiger partial charge in [-0.15, -0.1) is 0 Å².